The summed E-state index contributed by atoms with van der Waals surface area (Å²) in [6.45, 7) is 0. The van der Waals surface area contributed by atoms with E-state index in [1.807, 2.05) is 18.2 Å². The molecule has 3 nitrogen and oxygen atoms in total. The van der Waals surface area contributed by atoms with Gasteiger partial charge in [0.25, 0.3) is 0 Å². The van der Waals surface area contributed by atoms with Crippen LogP contribution in [-0.4, -0.2) is 15.0 Å². The molecular formula is C11H5Cl2N3S. The molecule has 0 aliphatic carbocycles. The summed E-state index contributed by atoms with van der Waals surface area (Å²) in [5, 5.41) is 1.18. The number of hydrogen-bond donors (Lipinski definition) is 0. The van der Waals surface area contributed by atoms with E-state index in [4.69, 9.17) is 23.2 Å². The number of thiophene rings is 1. The van der Waals surface area contributed by atoms with Gasteiger partial charge in [0.05, 0.1) is 9.72 Å². The van der Waals surface area contributed by atoms with Crippen molar-refractivity contribution in [3.8, 4) is 11.5 Å². The SMILES string of the molecule is Clc1cc2c(Cl)nc(-c3ccccn3)nc2s1. The Bertz CT molecular complexity index is 682. The lowest BCUT2D eigenvalue weighted by atomic mass is 10.3. The minimum atomic E-state index is 0.402. The fourth-order valence-corrected chi connectivity index (χ4v) is 2.83. The molecule has 0 aromatic carbocycles. The van der Waals surface area contributed by atoms with Crippen molar-refractivity contribution in [2.45, 2.75) is 0 Å². The van der Waals surface area contributed by atoms with E-state index in [0.717, 1.165) is 10.2 Å². The van der Waals surface area contributed by atoms with Gasteiger partial charge in [-0.3, -0.25) is 4.98 Å². The zero-order valence-corrected chi connectivity index (χ0v) is 10.7. The third kappa shape index (κ3) is 1.99. The van der Waals surface area contributed by atoms with E-state index in [2.05, 4.69) is 15.0 Å². The van der Waals surface area contributed by atoms with Crippen LogP contribution in [0.3, 0.4) is 0 Å². The molecule has 0 aliphatic heterocycles. The number of aromatic nitrogens is 3. The van der Waals surface area contributed by atoms with Crippen LogP contribution in [0.2, 0.25) is 9.49 Å². The van der Waals surface area contributed by atoms with E-state index >= 15 is 0 Å². The van der Waals surface area contributed by atoms with Crippen molar-refractivity contribution in [3.63, 3.8) is 0 Å². The average molecular weight is 282 g/mol. The van der Waals surface area contributed by atoms with E-state index in [-0.39, 0.29) is 0 Å². The first kappa shape index (κ1) is 10.9. The first-order chi connectivity index (χ1) is 8.24. The maximum Gasteiger partial charge on any atom is 0.180 e. The van der Waals surface area contributed by atoms with Gasteiger partial charge in [-0.1, -0.05) is 29.3 Å². The summed E-state index contributed by atoms with van der Waals surface area (Å²) in [4.78, 5) is 13.6. The normalized spacial score (nSPS) is 10.9. The minimum Gasteiger partial charge on any atom is -0.253 e. The maximum atomic E-state index is 6.09. The summed E-state index contributed by atoms with van der Waals surface area (Å²) < 4.78 is 0.648. The molecule has 84 valence electrons. The zero-order chi connectivity index (χ0) is 11.8. The van der Waals surface area contributed by atoms with E-state index in [0.29, 0.717) is 21.0 Å². The highest BCUT2D eigenvalue weighted by molar-refractivity contribution is 7.22. The predicted molar refractivity (Wildman–Crippen MR) is 70.7 cm³/mol. The van der Waals surface area contributed by atoms with Crippen molar-refractivity contribution in [2.24, 2.45) is 0 Å². The smallest absolute Gasteiger partial charge is 0.180 e. The Labute approximate surface area is 111 Å². The highest BCUT2D eigenvalue weighted by Gasteiger charge is 2.11. The van der Waals surface area contributed by atoms with Crippen LogP contribution >= 0.6 is 34.5 Å². The molecule has 3 aromatic heterocycles. The molecule has 0 atom stereocenters. The Morgan fingerprint density at radius 3 is 2.76 bits per heavy atom. The Morgan fingerprint density at radius 1 is 1.12 bits per heavy atom. The van der Waals surface area contributed by atoms with Gasteiger partial charge in [0, 0.05) is 6.20 Å². The number of fused-ring (bicyclic) bond motifs is 1. The van der Waals surface area contributed by atoms with Crippen molar-refractivity contribution in [1.29, 1.82) is 0 Å². The summed E-state index contributed by atoms with van der Waals surface area (Å²) in [7, 11) is 0. The molecule has 0 radical (unpaired) electrons. The Kier molecular flexibility index (Phi) is 2.70. The largest absolute Gasteiger partial charge is 0.253 e. The van der Waals surface area contributed by atoms with Crippen LogP contribution in [0.1, 0.15) is 0 Å². The second-order valence-corrected chi connectivity index (χ2v) is 5.34. The van der Waals surface area contributed by atoms with Gasteiger partial charge >= 0.3 is 0 Å². The summed E-state index contributed by atoms with van der Waals surface area (Å²) in [5.74, 6) is 0.515. The predicted octanol–water partition coefficient (Wildman–Crippen LogP) is 4.06. The van der Waals surface area contributed by atoms with Crippen molar-refractivity contribution < 1.29 is 0 Å². The minimum absolute atomic E-state index is 0.402. The molecule has 0 amide bonds. The fraction of sp³-hybridized carbons (Fsp3) is 0. The highest BCUT2D eigenvalue weighted by atomic mass is 35.5. The molecule has 0 saturated carbocycles. The molecular weight excluding hydrogens is 277 g/mol. The van der Waals surface area contributed by atoms with Crippen molar-refractivity contribution in [1.82, 2.24) is 15.0 Å². The van der Waals surface area contributed by atoms with Gasteiger partial charge in [-0.15, -0.1) is 11.3 Å². The molecule has 0 unspecified atom stereocenters. The van der Waals surface area contributed by atoms with E-state index in [9.17, 15) is 0 Å². The molecule has 0 fully saturated rings. The summed E-state index contributed by atoms with van der Waals surface area (Å²) >= 11 is 13.4. The molecule has 0 N–H and O–H groups in total. The molecule has 17 heavy (non-hydrogen) atoms. The topological polar surface area (TPSA) is 38.7 Å². The molecule has 3 rings (SSSR count). The van der Waals surface area contributed by atoms with E-state index < -0.39 is 0 Å². The molecule has 3 aromatic rings. The number of hydrogen-bond acceptors (Lipinski definition) is 4. The first-order valence-corrected chi connectivity index (χ1v) is 6.35. The second-order valence-electron chi connectivity index (χ2n) is 3.32. The van der Waals surface area contributed by atoms with E-state index in [1.165, 1.54) is 11.3 Å². The third-order valence-corrected chi connectivity index (χ3v) is 3.66. The van der Waals surface area contributed by atoms with Crippen LogP contribution in [0.4, 0.5) is 0 Å². The first-order valence-electron chi connectivity index (χ1n) is 4.78. The van der Waals surface area contributed by atoms with Crippen LogP contribution in [0.5, 0.6) is 0 Å². The van der Waals surface area contributed by atoms with Crippen LogP contribution in [0.25, 0.3) is 21.7 Å². The molecule has 6 heteroatoms. The quantitative estimate of drug-likeness (QED) is 0.632. The molecule has 0 saturated heterocycles. The summed E-state index contributed by atoms with van der Waals surface area (Å²) in [6.07, 6.45) is 1.69. The second kappa shape index (κ2) is 4.22. The Balaban J connectivity index is 2.25. The van der Waals surface area contributed by atoms with Crippen molar-refractivity contribution >= 4 is 44.8 Å². The highest BCUT2D eigenvalue weighted by Crippen LogP contribution is 2.32. The number of nitrogens with zero attached hydrogens (tertiary/aromatic N) is 3. The van der Waals surface area contributed by atoms with Gasteiger partial charge in [0.15, 0.2) is 5.82 Å². The summed E-state index contributed by atoms with van der Waals surface area (Å²) in [5.41, 5.74) is 0.695. The van der Waals surface area contributed by atoms with Gasteiger partial charge < -0.3 is 0 Å². The Hall–Kier alpha value is -1.23. The third-order valence-electron chi connectivity index (χ3n) is 2.21. The average Bonchev–Trinajstić information content (AvgIpc) is 2.71. The molecule has 0 spiro atoms. The van der Waals surface area contributed by atoms with Gasteiger partial charge in [-0.05, 0) is 18.2 Å². The van der Waals surface area contributed by atoms with Gasteiger partial charge in [0.2, 0.25) is 0 Å². The number of halogens is 2. The zero-order valence-electron chi connectivity index (χ0n) is 8.39. The lowest BCUT2D eigenvalue weighted by Gasteiger charge is -1.99. The van der Waals surface area contributed by atoms with Gasteiger partial charge in [-0.25, -0.2) is 9.97 Å². The lowest BCUT2D eigenvalue weighted by molar-refractivity contribution is 1.18. The molecule has 0 bridgehead atoms. The lowest BCUT2D eigenvalue weighted by Crippen LogP contribution is -1.91. The number of rotatable bonds is 1. The van der Waals surface area contributed by atoms with Crippen LogP contribution in [0, 0.1) is 0 Å². The Morgan fingerprint density at radius 2 is 2.00 bits per heavy atom. The van der Waals surface area contributed by atoms with Crippen LogP contribution < -0.4 is 0 Å². The van der Waals surface area contributed by atoms with Gasteiger partial charge in [0.1, 0.15) is 15.7 Å². The van der Waals surface area contributed by atoms with Crippen molar-refractivity contribution in [2.75, 3.05) is 0 Å². The summed E-state index contributed by atoms with van der Waals surface area (Å²) in [6, 6.07) is 7.33. The van der Waals surface area contributed by atoms with Crippen LogP contribution in [-0.2, 0) is 0 Å². The fourth-order valence-electron chi connectivity index (χ4n) is 1.47. The van der Waals surface area contributed by atoms with Gasteiger partial charge in [-0.2, -0.15) is 0 Å². The monoisotopic (exact) mass is 281 g/mol. The van der Waals surface area contributed by atoms with E-state index in [1.54, 1.807) is 12.3 Å². The van der Waals surface area contributed by atoms with Crippen LogP contribution in [0.15, 0.2) is 30.5 Å². The number of pyridine rings is 1. The maximum absolute atomic E-state index is 6.09. The standard InChI is InChI=1S/C11H5Cl2N3S/c12-8-5-6-9(13)15-10(16-11(6)17-8)7-3-1-2-4-14-7/h1-5H. The van der Waals surface area contributed by atoms with Crippen molar-refractivity contribution in [3.05, 3.63) is 40.0 Å². The molecule has 3 heterocycles. The molecule has 0 aliphatic rings.